The van der Waals surface area contributed by atoms with E-state index in [1.54, 1.807) is 12.1 Å². The predicted molar refractivity (Wildman–Crippen MR) is 119 cm³/mol. The zero-order valence-corrected chi connectivity index (χ0v) is 18.5. The van der Waals surface area contributed by atoms with E-state index >= 15 is 0 Å². The molecule has 1 aliphatic rings. The number of benzene rings is 2. The second kappa shape index (κ2) is 9.48. The molecule has 168 valence electrons. The number of hydrogen-bond acceptors (Lipinski definition) is 7. The van der Waals surface area contributed by atoms with Gasteiger partial charge in [-0.3, -0.25) is 4.90 Å². The van der Waals surface area contributed by atoms with Crippen molar-refractivity contribution in [1.82, 2.24) is 15.0 Å². The number of rotatable bonds is 6. The summed E-state index contributed by atoms with van der Waals surface area (Å²) in [5.74, 6) is 0.415. The molecule has 2 aromatic carbocycles. The maximum atomic E-state index is 15.0. The lowest BCUT2D eigenvalue weighted by Crippen LogP contribution is -2.49. The quantitative estimate of drug-likeness (QED) is 0.538. The highest BCUT2D eigenvalue weighted by molar-refractivity contribution is 5.77. The van der Waals surface area contributed by atoms with Crippen LogP contribution in [-0.2, 0) is 9.53 Å². The number of halogens is 1. The van der Waals surface area contributed by atoms with Crippen molar-refractivity contribution >= 4 is 11.7 Å². The summed E-state index contributed by atoms with van der Waals surface area (Å²) in [6, 6.07) is 14.1. The fourth-order valence-corrected chi connectivity index (χ4v) is 3.95. The largest absolute Gasteiger partial charge is 0.468 e. The Morgan fingerprint density at radius 1 is 1.09 bits per heavy atom. The van der Waals surface area contributed by atoms with Crippen molar-refractivity contribution in [1.29, 1.82) is 0 Å². The molecule has 1 aromatic heterocycles. The van der Waals surface area contributed by atoms with Gasteiger partial charge in [0.2, 0.25) is 0 Å². The molecule has 1 saturated heterocycles. The second-order valence-electron chi connectivity index (χ2n) is 8.14. The Hall–Kier alpha value is -3.26. The molecule has 2 heterocycles. The average Bonchev–Trinajstić information content (AvgIpc) is 3.31. The molecule has 0 spiro atoms. The molecule has 1 fully saturated rings. The van der Waals surface area contributed by atoms with Crippen LogP contribution in [0.2, 0.25) is 0 Å². The molecule has 0 aliphatic carbocycles. The molecule has 1 atom stereocenters. The summed E-state index contributed by atoms with van der Waals surface area (Å²) >= 11 is 0. The molecule has 1 unspecified atom stereocenters. The summed E-state index contributed by atoms with van der Waals surface area (Å²) in [5, 5.41) is 3.94. The fourth-order valence-electron chi connectivity index (χ4n) is 3.95. The van der Waals surface area contributed by atoms with E-state index in [2.05, 4.69) is 15.0 Å². The Bertz CT molecular complexity index is 1060. The highest BCUT2D eigenvalue weighted by Crippen LogP contribution is 2.29. The Balaban J connectivity index is 1.47. The minimum atomic E-state index is -0.469. The molecule has 0 bridgehead atoms. The van der Waals surface area contributed by atoms with Gasteiger partial charge in [0, 0.05) is 37.7 Å². The summed E-state index contributed by atoms with van der Waals surface area (Å²) in [6.07, 6.45) is 0. The number of carbonyl (C=O) groups is 1. The third-order valence-corrected chi connectivity index (χ3v) is 5.71. The lowest BCUT2D eigenvalue weighted by Gasteiger charge is -2.39. The molecular formula is C24H27FN4O3. The number of carbonyl (C=O) groups excluding carboxylic acids is 1. The summed E-state index contributed by atoms with van der Waals surface area (Å²) in [4.78, 5) is 20.9. The van der Waals surface area contributed by atoms with Gasteiger partial charge in [-0.1, -0.05) is 49.3 Å². The Kier molecular flexibility index (Phi) is 6.50. The number of hydrogen-bond donors (Lipinski definition) is 0. The van der Waals surface area contributed by atoms with E-state index in [0.29, 0.717) is 49.1 Å². The number of piperazine rings is 1. The average molecular weight is 439 g/mol. The van der Waals surface area contributed by atoms with E-state index in [1.807, 2.05) is 49.1 Å². The van der Waals surface area contributed by atoms with Crippen molar-refractivity contribution in [3.63, 3.8) is 0 Å². The van der Waals surface area contributed by atoms with Crippen LogP contribution in [0.4, 0.5) is 10.1 Å². The van der Waals surface area contributed by atoms with Crippen LogP contribution in [0.5, 0.6) is 0 Å². The number of aromatic nitrogens is 2. The molecule has 0 radical (unpaired) electrons. The van der Waals surface area contributed by atoms with Crippen molar-refractivity contribution in [3.05, 3.63) is 65.7 Å². The van der Waals surface area contributed by atoms with Crippen LogP contribution in [0.3, 0.4) is 0 Å². The van der Waals surface area contributed by atoms with Crippen molar-refractivity contribution in [2.45, 2.75) is 25.8 Å². The molecule has 1 aliphatic heterocycles. The molecule has 4 rings (SSSR count). The topological polar surface area (TPSA) is 71.7 Å². The summed E-state index contributed by atoms with van der Waals surface area (Å²) < 4.78 is 25.3. The minimum Gasteiger partial charge on any atom is -0.468 e. The first kappa shape index (κ1) is 22.0. The number of esters is 1. The number of anilines is 1. The Morgan fingerprint density at radius 3 is 2.41 bits per heavy atom. The normalized spacial score (nSPS) is 15.7. The van der Waals surface area contributed by atoms with Gasteiger partial charge in [0.15, 0.2) is 5.82 Å². The van der Waals surface area contributed by atoms with Gasteiger partial charge in [-0.2, -0.15) is 4.98 Å². The molecule has 7 nitrogen and oxygen atoms in total. The van der Waals surface area contributed by atoms with Crippen molar-refractivity contribution < 1.29 is 18.4 Å². The van der Waals surface area contributed by atoms with Gasteiger partial charge < -0.3 is 14.2 Å². The molecule has 8 heteroatoms. The predicted octanol–water partition coefficient (Wildman–Crippen LogP) is 4.04. The first-order valence-electron chi connectivity index (χ1n) is 10.7. The first-order valence-corrected chi connectivity index (χ1v) is 10.7. The lowest BCUT2D eigenvalue weighted by atomic mass is 10.0. The van der Waals surface area contributed by atoms with Crippen LogP contribution in [0.25, 0.3) is 11.5 Å². The van der Waals surface area contributed by atoms with Crippen molar-refractivity contribution in [2.75, 3.05) is 38.2 Å². The van der Waals surface area contributed by atoms with Crippen LogP contribution < -0.4 is 4.90 Å². The second-order valence-corrected chi connectivity index (χ2v) is 8.14. The van der Waals surface area contributed by atoms with Gasteiger partial charge in [-0.05, 0) is 23.8 Å². The van der Waals surface area contributed by atoms with Gasteiger partial charge >= 0.3 is 5.97 Å². The van der Waals surface area contributed by atoms with Gasteiger partial charge in [0.1, 0.15) is 11.9 Å². The summed E-state index contributed by atoms with van der Waals surface area (Å²) in [7, 11) is 1.40. The van der Waals surface area contributed by atoms with Crippen LogP contribution >= 0.6 is 0 Å². The van der Waals surface area contributed by atoms with Crippen LogP contribution in [0, 0.1) is 5.82 Å². The highest BCUT2D eigenvalue weighted by Gasteiger charge is 2.31. The highest BCUT2D eigenvalue weighted by atomic mass is 19.1. The fraction of sp³-hybridized carbons (Fsp3) is 0.375. The standard InChI is InChI=1S/C24H27FN4O3/c1-16(2)22-26-23(32-27-22)18-9-10-20(19(25)15-18)28-11-13-29(14-12-28)21(24(30)31-3)17-7-5-4-6-8-17/h4-10,15-16,21H,11-14H2,1-3H3. The molecular weight excluding hydrogens is 411 g/mol. The SMILES string of the molecule is COC(=O)C(c1ccccc1)N1CCN(c2ccc(-c3nc(C(C)C)no3)cc2F)CC1. The zero-order valence-electron chi connectivity index (χ0n) is 18.5. The van der Waals surface area contributed by atoms with E-state index < -0.39 is 6.04 Å². The number of methoxy groups -OCH3 is 1. The maximum Gasteiger partial charge on any atom is 0.327 e. The molecule has 32 heavy (non-hydrogen) atoms. The van der Waals surface area contributed by atoms with Gasteiger partial charge in [-0.15, -0.1) is 0 Å². The van der Waals surface area contributed by atoms with Crippen LogP contribution in [0.1, 0.15) is 37.2 Å². The molecule has 0 N–H and O–H groups in total. The van der Waals surface area contributed by atoms with E-state index in [9.17, 15) is 9.18 Å². The molecule has 0 saturated carbocycles. The van der Waals surface area contributed by atoms with E-state index in [4.69, 9.17) is 9.26 Å². The molecule has 3 aromatic rings. The third-order valence-electron chi connectivity index (χ3n) is 5.71. The minimum absolute atomic E-state index is 0.137. The van der Waals surface area contributed by atoms with Crippen LogP contribution in [0.15, 0.2) is 53.1 Å². The summed E-state index contributed by atoms with van der Waals surface area (Å²) in [5.41, 5.74) is 1.97. The Morgan fingerprint density at radius 2 is 1.81 bits per heavy atom. The maximum absolute atomic E-state index is 15.0. The van der Waals surface area contributed by atoms with Gasteiger partial charge in [-0.25, -0.2) is 9.18 Å². The summed E-state index contributed by atoms with van der Waals surface area (Å²) in [6.45, 7) is 6.35. The van der Waals surface area contributed by atoms with Crippen molar-refractivity contribution in [3.8, 4) is 11.5 Å². The van der Waals surface area contributed by atoms with E-state index in [1.165, 1.54) is 13.2 Å². The smallest absolute Gasteiger partial charge is 0.327 e. The lowest BCUT2D eigenvalue weighted by molar-refractivity contribution is -0.147. The van der Waals surface area contributed by atoms with Crippen molar-refractivity contribution in [2.24, 2.45) is 0 Å². The zero-order chi connectivity index (χ0) is 22.7. The first-order chi connectivity index (χ1) is 15.5. The van der Waals surface area contributed by atoms with Crippen LogP contribution in [-0.4, -0.2) is 54.3 Å². The number of ether oxygens (including phenoxy) is 1. The Labute approximate surface area is 186 Å². The number of nitrogens with zero attached hydrogens (tertiary/aromatic N) is 4. The van der Waals surface area contributed by atoms with Gasteiger partial charge in [0.05, 0.1) is 12.8 Å². The third kappa shape index (κ3) is 4.50. The monoisotopic (exact) mass is 438 g/mol. The van der Waals surface area contributed by atoms with E-state index in [-0.39, 0.29) is 17.7 Å². The van der Waals surface area contributed by atoms with E-state index in [0.717, 1.165) is 5.56 Å². The molecule has 0 amide bonds. The van der Waals surface area contributed by atoms with Gasteiger partial charge in [0.25, 0.3) is 5.89 Å².